The van der Waals surface area contributed by atoms with Crippen LogP contribution in [0.2, 0.25) is 10.0 Å². The lowest BCUT2D eigenvalue weighted by Crippen LogP contribution is -2.29. The van der Waals surface area contributed by atoms with Crippen LogP contribution < -0.4 is 11.3 Å². The zero-order valence-corrected chi connectivity index (χ0v) is 14.0. The molecule has 1 atom stereocenters. The molecule has 0 spiro atoms. The molecule has 2 aromatic rings. The molecule has 2 nitrogen and oxygen atoms in total. The normalized spacial score (nSPS) is 13.2. The van der Waals surface area contributed by atoms with Crippen LogP contribution in [0, 0.1) is 0 Å². The van der Waals surface area contributed by atoms with Crippen molar-refractivity contribution in [1.82, 2.24) is 5.43 Å². The van der Waals surface area contributed by atoms with Crippen LogP contribution in [0.25, 0.3) is 0 Å². The molecule has 0 saturated carbocycles. The smallest absolute Gasteiger partial charge is 0.0739 e. The third kappa shape index (κ3) is 3.58. The Kier molecular flexibility index (Phi) is 4.95. The minimum Gasteiger partial charge on any atom is -0.271 e. The summed E-state index contributed by atoms with van der Waals surface area (Å²) in [6.07, 6.45) is 0. The standard InChI is InChI=1S/C17H20Cl2N2/c1-17(2,3)12-9-7-11(8-10-12)16(21-20)15-13(18)5-4-6-14(15)19/h4-10,16,21H,20H2,1-3H3. The quantitative estimate of drug-likeness (QED) is 0.626. The fourth-order valence-corrected chi connectivity index (χ4v) is 2.92. The van der Waals surface area contributed by atoms with Crippen molar-refractivity contribution in [2.75, 3.05) is 0 Å². The van der Waals surface area contributed by atoms with Crippen LogP contribution in [-0.4, -0.2) is 0 Å². The third-order valence-corrected chi connectivity index (χ3v) is 4.22. The second-order valence-electron chi connectivity index (χ2n) is 6.11. The van der Waals surface area contributed by atoms with E-state index in [-0.39, 0.29) is 11.5 Å². The molecule has 112 valence electrons. The summed E-state index contributed by atoms with van der Waals surface area (Å²) in [5.41, 5.74) is 6.02. The summed E-state index contributed by atoms with van der Waals surface area (Å²) in [5, 5.41) is 1.20. The van der Waals surface area contributed by atoms with Gasteiger partial charge >= 0.3 is 0 Å². The van der Waals surface area contributed by atoms with Crippen LogP contribution in [0.15, 0.2) is 42.5 Å². The fourth-order valence-electron chi connectivity index (χ4n) is 2.31. The molecule has 0 heterocycles. The zero-order valence-electron chi connectivity index (χ0n) is 12.5. The van der Waals surface area contributed by atoms with Gasteiger partial charge < -0.3 is 0 Å². The van der Waals surface area contributed by atoms with E-state index < -0.39 is 0 Å². The average Bonchev–Trinajstić information content (AvgIpc) is 2.42. The van der Waals surface area contributed by atoms with Crippen molar-refractivity contribution in [3.05, 3.63) is 69.2 Å². The monoisotopic (exact) mass is 322 g/mol. The van der Waals surface area contributed by atoms with Crippen LogP contribution in [0.5, 0.6) is 0 Å². The van der Waals surface area contributed by atoms with Crippen molar-refractivity contribution in [3.63, 3.8) is 0 Å². The molecule has 0 saturated heterocycles. The van der Waals surface area contributed by atoms with E-state index in [1.807, 2.05) is 18.2 Å². The van der Waals surface area contributed by atoms with Crippen molar-refractivity contribution in [2.45, 2.75) is 32.2 Å². The summed E-state index contributed by atoms with van der Waals surface area (Å²) in [5.74, 6) is 5.73. The molecule has 1 unspecified atom stereocenters. The second-order valence-corrected chi connectivity index (χ2v) is 6.92. The van der Waals surface area contributed by atoms with Crippen molar-refractivity contribution < 1.29 is 0 Å². The molecule has 0 amide bonds. The molecule has 3 N–H and O–H groups in total. The fraction of sp³-hybridized carbons (Fsp3) is 0.294. The van der Waals surface area contributed by atoms with Gasteiger partial charge in [0.1, 0.15) is 0 Å². The lowest BCUT2D eigenvalue weighted by molar-refractivity contribution is 0.588. The first-order chi connectivity index (χ1) is 9.84. The number of hydrazine groups is 1. The number of benzene rings is 2. The first-order valence-corrected chi connectivity index (χ1v) is 7.60. The largest absolute Gasteiger partial charge is 0.271 e. The molecule has 0 radical (unpaired) electrons. The predicted octanol–water partition coefficient (Wildman–Crippen LogP) is 4.84. The number of nitrogens with two attached hydrogens (primary N) is 1. The summed E-state index contributed by atoms with van der Waals surface area (Å²) >= 11 is 12.6. The highest BCUT2D eigenvalue weighted by atomic mass is 35.5. The second kappa shape index (κ2) is 6.37. The molecule has 0 bridgehead atoms. The van der Waals surface area contributed by atoms with E-state index in [2.05, 4.69) is 50.5 Å². The van der Waals surface area contributed by atoms with Gasteiger partial charge in [-0.05, 0) is 28.7 Å². The Balaban J connectivity index is 2.43. The number of halogens is 2. The predicted molar refractivity (Wildman–Crippen MR) is 90.8 cm³/mol. The van der Waals surface area contributed by atoms with Gasteiger partial charge in [0.05, 0.1) is 6.04 Å². The van der Waals surface area contributed by atoms with E-state index in [0.717, 1.165) is 11.1 Å². The van der Waals surface area contributed by atoms with Crippen LogP contribution in [0.1, 0.15) is 43.5 Å². The number of hydrogen-bond donors (Lipinski definition) is 2. The summed E-state index contributed by atoms with van der Waals surface area (Å²) in [6.45, 7) is 6.56. The Morgan fingerprint density at radius 1 is 0.952 bits per heavy atom. The molecular weight excluding hydrogens is 303 g/mol. The lowest BCUT2D eigenvalue weighted by atomic mass is 9.86. The molecule has 2 aromatic carbocycles. The van der Waals surface area contributed by atoms with E-state index >= 15 is 0 Å². The Morgan fingerprint density at radius 3 is 1.90 bits per heavy atom. The Morgan fingerprint density at radius 2 is 1.48 bits per heavy atom. The molecule has 0 aliphatic heterocycles. The highest BCUT2D eigenvalue weighted by Gasteiger charge is 2.20. The average molecular weight is 323 g/mol. The SMILES string of the molecule is CC(C)(C)c1ccc(C(NN)c2c(Cl)cccc2Cl)cc1. The van der Waals surface area contributed by atoms with Gasteiger partial charge in [0.15, 0.2) is 0 Å². The van der Waals surface area contributed by atoms with E-state index in [1.165, 1.54) is 5.56 Å². The molecular formula is C17H20Cl2N2. The summed E-state index contributed by atoms with van der Waals surface area (Å²) in [7, 11) is 0. The molecule has 2 rings (SSSR count). The maximum atomic E-state index is 6.28. The molecule has 0 aliphatic rings. The van der Waals surface area contributed by atoms with Crippen LogP contribution in [-0.2, 0) is 5.41 Å². The van der Waals surface area contributed by atoms with Gasteiger partial charge in [-0.15, -0.1) is 0 Å². The van der Waals surface area contributed by atoms with E-state index in [0.29, 0.717) is 10.0 Å². The van der Waals surface area contributed by atoms with Gasteiger partial charge in [-0.2, -0.15) is 0 Å². The maximum absolute atomic E-state index is 6.28. The molecule has 21 heavy (non-hydrogen) atoms. The lowest BCUT2D eigenvalue weighted by Gasteiger charge is -2.22. The Hall–Kier alpha value is -1.06. The van der Waals surface area contributed by atoms with Gasteiger partial charge in [0.2, 0.25) is 0 Å². The minimum atomic E-state index is -0.236. The highest BCUT2D eigenvalue weighted by Crippen LogP contribution is 2.34. The van der Waals surface area contributed by atoms with Crippen molar-refractivity contribution in [1.29, 1.82) is 0 Å². The highest BCUT2D eigenvalue weighted by molar-refractivity contribution is 6.36. The van der Waals surface area contributed by atoms with Crippen LogP contribution in [0.3, 0.4) is 0 Å². The number of nitrogens with one attached hydrogen (secondary N) is 1. The van der Waals surface area contributed by atoms with Crippen molar-refractivity contribution in [3.8, 4) is 0 Å². The summed E-state index contributed by atoms with van der Waals surface area (Å²) < 4.78 is 0. The van der Waals surface area contributed by atoms with E-state index in [4.69, 9.17) is 29.0 Å². The van der Waals surface area contributed by atoms with Gasteiger partial charge in [-0.3, -0.25) is 5.84 Å². The summed E-state index contributed by atoms with van der Waals surface area (Å²) in [4.78, 5) is 0. The maximum Gasteiger partial charge on any atom is 0.0739 e. The van der Waals surface area contributed by atoms with Crippen LogP contribution >= 0.6 is 23.2 Å². The van der Waals surface area contributed by atoms with Gasteiger partial charge in [0, 0.05) is 15.6 Å². The molecule has 0 fully saturated rings. The first-order valence-electron chi connectivity index (χ1n) is 6.85. The molecule has 0 aliphatic carbocycles. The first kappa shape index (κ1) is 16.3. The topological polar surface area (TPSA) is 38.0 Å². The van der Waals surface area contributed by atoms with E-state index in [9.17, 15) is 0 Å². The minimum absolute atomic E-state index is 0.117. The van der Waals surface area contributed by atoms with Gasteiger partial charge in [-0.25, -0.2) is 5.43 Å². The molecule has 4 heteroatoms. The summed E-state index contributed by atoms with van der Waals surface area (Å²) in [6, 6.07) is 13.6. The van der Waals surface area contributed by atoms with Crippen LogP contribution in [0.4, 0.5) is 0 Å². The van der Waals surface area contributed by atoms with Gasteiger partial charge in [-0.1, -0.05) is 74.3 Å². The van der Waals surface area contributed by atoms with E-state index in [1.54, 1.807) is 0 Å². The Bertz CT molecular complexity index is 595. The number of hydrogen-bond acceptors (Lipinski definition) is 2. The van der Waals surface area contributed by atoms with Crippen molar-refractivity contribution in [2.24, 2.45) is 5.84 Å². The Labute approximate surface area is 136 Å². The van der Waals surface area contributed by atoms with Gasteiger partial charge in [0.25, 0.3) is 0 Å². The van der Waals surface area contributed by atoms with Crippen molar-refractivity contribution >= 4 is 23.2 Å². The zero-order chi connectivity index (χ0) is 15.6. The third-order valence-electron chi connectivity index (χ3n) is 3.57. The number of rotatable bonds is 3. The molecule has 0 aromatic heterocycles.